The van der Waals surface area contributed by atoms with Gasteiger partial charge in [0.1, 0.15) is 0 Å². The Labute approximate surface area is 156 Å². The molecule has 0 atom stereocenters. The molecule has 2 aromatic rings. The first kappa shape index (κ1) is 19.8. The SMILES string of the molecule is CC(C)(C)c1ccc(C(=O)N/C(=C/c2cccc([N+](=O)[O-])c2)C(=O)[O-])cc1. The zero-order chi connectivity index (χ0) is 20.2. The fraction of sp³-hybridized carbons (Fsp3) is 0.200. The average Bonchev–Trinajstić information content (AvgIpc) is 2.60. The molecule has 140 valence electrons. The van der Waals surface area contributed by atoms with Crippen molar-refractivity contribution in [1.29, 1.82) is 0 Å². The lowest BCUT2D eigenvalue weighted by Crippen LogP contribution is -2.35. The summed E-state index contributed by atoms with van der Waals surface area (Å²) < 4.78 is 0. The Morgan fingerprint density at radius 3 is 2.22 bits per heavy atom. The van der Waals surface area contributed by atoms with Crippen molar-refractivity contribution in [1.82, 2.24) is 5.32 Å². The van der Waals surface area contributed by atoms with Gasteiger partial charge < -0.3 is 15.2 Å². The number of amides is 1. The Hall–Kier alpha value is -3.48. The molecule has 2 aromatic carbocycles. The maximum Gasteiger partial charge on any atom is 0.270 e. The van der Waals surface area contributed by atoms with Crippen LogP contribution in [0.25, 0.3) is 6.08 Å². The Kier molecular flexibility index (Phi) is 5.75. The predicted molar refractivity (Wildman–Crippen MR) is 98.7 cm³/mol. The highest BCUT2D eigenvalue weighted by Gasteiger charge is 2.15. The molecule has 0 saturated carbocycles. The Bertz CT molecular complexity index is 909. The van der Waals surface area contributed by atoms with Gasteiger partial charge in [0.05, 0.1) is 16.6 Å². The minimum absolute atomic E-state index is 0.0763. The molecule has 1 amide bonds. The molecule has 0 aromatic heterocycles. The highest BCUT2D eigenvalue weighted by molar-refractivity contribution is 6.02. The van der Waals surface area contributed by atoms with Crippen LogP contribution in [0.1, 0.15) is 42.3 Å². The standard InChI is InChI=1S/C20H20N2O5/c1-20(2,3)15-9-7-14(8-10-15)18(23)21-17(19(24)25)12-13-5-4-6-16(11-13)22(26)27/h4-12H,1-3H3,(H,21,23)(H,24,25)/p-1/b17-12+. The first-order chi connectivity index (χ1) is 12.6. The summed E-state index contributed by atoms with van der Waals surface area (Å²) in [5.41, 5.74) is 0.825. The van der Waals surface area contributed by atoms with Gasteiger partial charge in [-0.1, -0.05) is 45.0 Å². The second-order valence-electron chi connectivity index (χ2n) is 6.98. The van der Waals surface area contributed by atoms with E-state index in [9.17, 15) is 24.8 Å². The molecule has 0 radical (unpaired) electrons. The van der Waals surface area contributed by atoms with E-state index in [0.29, 0.717) is 0 Å². The van der Waals surface area contributed by atoms with Crippen LogP contribution in [0.15, 0.2) is 54.2 Å². The van der Waals surface area contributed by atoms with Crippen LogP contribution in [0.2, 0.25) is 0 Å². The van der Waals surface area contributed by atoms with Gasteiger partial charge in [0.2, 0.25) is 0 Å². The number of carbonyl (C=O) groups excluding carboxylic acids is 2. The van der Waals surface area contributed by atoms with E-state index >= 15 is 0 Å². The number of aliphatic carboxylic acids is 1. The molecule has 0 aliphatic carbocycles. The molecule has 0 spiro atoms. The van der Waals surface area contributed by atoms with Crippen molar-refractivity contribution in [2.24, 2.45) is 0 Å². The van der Waals surface area contributed by atoms with Crippen LogP contribution >= 0.6 is 0 Å². The number of non-ortho nitro benzene ring substituents is 1. The molecular weight excluding hydrogens is 348 g/mol. The second kappa shape index (κ2) is 7.82. The number of hydrogen-bond acceptors (Lipinski definition) is 5. The van der Waals surface area contributed by atoms with Crippen molar-refractivity contribution in [2.45, 2.75) is 26.2 Å². The topological polar surface area (TPSA) is 112 Å². The van der Waals surface area contributed by atoms with Crippen LogP contribution in [0, 0.1) is 10.1 Å². The summed E-state index contributed by atoms with van der Waals surface area (Å²) in [5, 5.41) is 24.4. The predicted octanol–water partition coefficient (Wildman–Crippen LogP) is 2.41. The minimum atomic E-state index is -1.60. The van der Waals surface area contributed by atoms with Crippen LogP contribution < -0.4 is 10.4 Å². The lowest BCUT2D eigenvalue weighted by Gasteiger charge is -2.19. The van der Waals surface area contributed by atoms with Crippen molar-refractivity contribution < 1.29 is 19.6 Å². The first-order valence-corrected chi connectivity index (χ1v) is 8.17. The van der Waals surface area contributed by atoms with Crippen LogP contribution in [-0.4, -0.2) is 16.8 Å². The van der Waals surface area contributed by atoms with Gasteiger partial charge >= 0.3 is 0 Å². The van der Waals surface area contributed by atoms with Crippen molar-refractivity contribution in [3.63, 3.8) is 0 Å². The van der Waals surface area contributed by atoms with Crippen LogP contribution in [0.3, 0.4) is 0 Å². The number of carboxylic acids is 1. The largest absolute Gasteiger partial charge is 0.543 e. The van der Waals surface area contributed by atoms with Gasteiger partial charge in [-0.15, -0.1) is 0 Å². The maximum absolute atomic E-state index is 12.3. The minimum Gasteiger partial charge on any atom is -0.543 e. The molecule has 27 heavy (non-hydrogen) atoms. The third-order valence-electron chi connectivity index (χ3n) is 3.87. The van der Waals surface area contributed by atoms with E-state index in [1.165, 1.54) is 24.3 Å². The maximum atomic E-state index is 12.3. The number of nitrogens with one attached hydrogen (secondary N) is 1. The molecule has 0 aliphatic rings. The van der Waals surface area contributed by atoms with E-state index in [-0.39, 0.29) is 22.2 Å². The summed E-state index contributed by atoms with van der Waals surface area (Å²) in [6.45, 7) is 6.12. The Morgan fingerprint density at radius 2 is 1.70 bits per heavy atom. The van der Waals surface area contributed by atoms with E-state index in [2.05, 4.69) is 5.32 Å². The third-order valence-corrected chi connectivity index (χ3v) is 3.87. The summed E-state index contributed by atoms with van der Waals surface area (Å²) in [6, 6.07) is 12.2. The molecular formula is C20H19N2O5-. The Balaban J connectivity index is 2.25. The number of benzene rings is 2. The number of carboxylic acid groups (broad SMARTS) is 1. The van der Waals surface area contributed by atoms with Gasteiger partial charge in [0.25, 0.3) is 11.6 Å². The Morgan fingerprint density at radius 1 is 1.07 bits per heavy atom. The number of rotatable bonds is 5. The third kappa shape index (κ3) is 5.24. The molecule has 2 rings (SSSR count). The lowest BCUT2D eigenvalue weighted by molar-refractivity contribution is -0.384. The van der Waals surface area contributed by atoms with E-state index < -0.39 is 22.5 Å². The molecule has 0 heterocycles. The van der Waals surface area contributed by atoms with Crippen molar-refractivity contribution in [3.8, 4) is 0 Å². The van der Waals surface area contributed by atoms with Gasteiger partial charge in [0, 0.05) is 17.7 Å². The lowest BCUT2D eigenvalue weighted by atomic mass is 9.87. The van der Waals surface area contributed by atoms with E-state index in [0.717, 1.165) is 11.6 Å². The van der Waals surface area contributed by atoms with Crippen molar-refractivity contribution in [3.05, 3.63) is 81.0 Å². The number of nitro groups is 1. The molecule has 0 saturated heterocycles. The van der Waals surface area contributed by atoms with Gasteiger partial charge in [-0.3, -0.25) is 14.9 Å². The quantitative estimate of drug-likeness (QED) is 0.495. The molecule has 1 N–H and O–H groups in total. The summed E-state index contributed by atoms with van der Waals surface area (Å²) in [7, 11) is 0. The molecule has 0 aliphatic heterocycles. The van der Waals surface area contributed by atoms with Crippen LogP contribution in [0.5, 0.6) is 0 Å². The van der Waals surface area contributed by atoms with Gasteiger partial charge in [-0.25, -0.2) is 0 Å². The van der Waals surface area contributed by atoms with E-state index in [1.807, 2.05) is 20.8 Å². The number of nitro benzene ring substituents is 1. The fourth-order valence-electron chi connectivity index (χ4n) is 2.36. The summed E-state index contributed by atoms with van der Waals surface area (Å²) in [4.78, 5) is 33.9. The highest BCUT2D eigenvalue weighted by Crippen LogP contribution is 2.22. The van der Waals surface area contributed by atoms with Gasteiger partial charge in [0.15, 0.2) is 0 Å². The zero-order valence-corrected chi connectivity index (χ0v) is 15.2. The number of carbonyl (C=O) groups is 2. The van der Waals surface area contributed by atoms with Gasteiger partial charge in [-0.05, 0) is 34.8 Å². The zero-order valence-electron chi connectivity index (χ0n) is 15.2. The van der Waals surface area contributed by atoms with Crippen LogP contribution in [-0.2, 0) is 10.2 Å². The fourth-order valence-corrected chi connectivity index (χ4v) is 2.36. The van der Waals surface area contributed by atoms with E-state index in [4.69, 9.17) is 0 Å². The molecule has 7 nitrogen and oxygen atoms in total. The number of nitrogens with zero attached hydrogens (tertiary/aromatic N) is 1. The van der Waals surface area contributed by atoms with E-state index in [1.54, 1.807) is 24.3 Å². The highest BCUT2D eigenvalue weighted by atomic mass is 16.6. The molecule has 7 heteroatoms. The molecule has 0 unspecified atom stereocenters. The average molecular weight is 367 g/mol. The first-order valence-electron chi connectivity index (χ1n) is 8.17. The monoisotopic (exact) mass is 367 g/mol. The van der Waals surface area contributed by atoms with Crippen molar-refractivity contribution in [2.75, 3.05) is 0 Å². The normalized spacial score (nSPS) is 11.7. The summed E-state index contributed by atoms with van der Waals surface area (Å²) >= 11 is 0. The van der Waals surface area contributed by atoms with Crippen LogP contribution in [0.4, 0.5) is 5.69 Å². The summed E-state index contributed by atoms with van der Waals surface area (Å²) in [6.07, 6.45) is 1.11. The molecule has 0 fully saturated rings. The van der Waals surface area contributed by atoms with Gasteiger partial charge in [-0.2, -0.15) is 0 Å². The smallest absolute Gasteiger partial charge is 0.270 e. The second-order valence-corrected chi connectivity index (χ2v) is 6.98. The number of hydrogen-bond donors (Lipinski definition) is 1. The summed E-state index contributed by atoms with van der Waals surface area (Å²) in [5.74, 6) is -2.21. The molecule has 0 bridgehead atoms. The van der Waals surface area contributed by atoms with Crippen molar-refractivity contribution >= 4 is 23.6 Å².